The third-order valence-corrected chi connectivity index (χ3v) is 6.38. The molecule has 1 aromatic heterocycles. The summed E-state index contributed by atoms with van der Waals surface area (Å²) in [5, 5.41) is 11.4. The van der Waals surface area contributed by atoms with Crippen LogP contribution in [0.2, 0.25) is 0 Å². The number of benzene rings is 2. The third kappa shape index (κ3) is 5.36. The highest BCUT2D eigenvalue weighted by molar-refractivity contribution is 8.18. The van der Waals surface area contributed by atoms with Crippen molar-refractivity contribution < 1.29 is 28.7 Å². The Bertz CT molecular complexity index is 1360. The summed E-state index contributed by atoms with van der Waals surface area (Å²) in [5.74, 6) is -1.35. The number of thioether (sulfide) groups is 1. The number of carboxylic acids is 1. The van der Waals surface area contributed by atoms with Crippen LogP contribution in [0.25, 0.3) is 17.4 Å². The number of carbonyl (C=O) groups excluding carboxylic acids is 3. The monoisotopic (exact) mass is 490 g/mol. The summed E-state index contributed by atoms with van der Waals surface area (Å²) < 4.78 is 5.80. The fraction of sp³-hybridized carbons (Fsp3) is 0.154. The number of nitrogens with zero attached hydrogens (tertiary/aromatic N) is 1. The van der Waals surface area contributed by atoms with Crippen molar-refractivity contribution >= 4 is 46.5 Å². The number of furan rings is 1. The zero-order valence-electron chi connectivity index (χ0n) is 19.0. The van der Waals surface area contributed by atoms with Gasteiger partial charge in [-0.25, -0.2) is 4.79 Å². The first-order valence-electron chi connectivity index (χ1n) is 10.8. The van der Waals surface area contributed by atoms with Crippen LogP contribution in [0.3, 0.4) is 0 Å². The van der Waals surface area contributed by atoms with E-state index in [1.807, 2.05) is 26.0 Å². The highest BCUT2D eigenvalue weighted by Gasteiger charge is 2.36. The van der Waals surface area contributed by atoms with Crippen molar-refractivity contribution in [1.29, 1.82) is 0 Å². The number of imide groups is 1. The van der Waals surface area contributed by atoms with Crippen LogP contribution in [0.1, 0.15) is 34.2 Å². The Labute approximate surface area is 205 Å². The Hall–Kier alpha value is -4.11. The van der Waals surface area contributed by atoms with Gasteiger partial charge in [-0.3, -0.25) is 19.3 Å². The number of aryl methyl sites for hydroxylation is 2. The van der Waals surface area contributed by atoms with E-state index in [1.54, 1.807) is 30.3 Å². The van der Waals surface area contributed by atoms with E-state index in [9.17, 15) is 24.3 Å². The molecule has 178 valence electrons. The lowest BCUT2D eigenvalue weighted by Gasteiger charge is -2.12. The van der Waals surface area contributed by atoms with Crippen LogP contribution >= 0.6 is 11.8 Å². The van der Waals surface area contributed by atoms with Crippen molar-refractivity contribution in [2.24, 2.45) is 0 Å². The van der Waals surface area contributed by atoms with Crippen molar-refractivity contribution in [2.45, 2.75) is 20.3 Å². The maximum atomic E-state index is 12.8. The maximum Gasteiger partial charge on any atom is 0.335 e. The summed E-state index contributed by atoms with van der Waals surface area (Å²) in [6.45, 7) is 3.46. The zero-order valence-corrected chi connectivity index (χ0v) is 19.8. The number of anilines is 1. The van der Waals surface area contributed by atoms with Gasteiger partial charge in [0.2, 0.25) is 5.91 Å². The SMILES string of the molecule is CCc1ccc(NC(=O)CN2C(=O)S/C(=C\c3ccc(-c4cc(C(=O)O)ccc4C)o3)C2=O)cc1. The second kappa shape index (κ2) is 10.0. The molecule has 3 aromatic rings. The lowest BCUT2D eigenvalue weighted by atomic mass is 10.0. The Morgan fingerprint density at radius 2 is 1.83 bits per heavy atom. The number of amides is 3. The van der Waals surface area contributed by atoms with E-state index < -0.39 is 29.6 Å². The summed E-state index contributed by atoms with van der Waals surface area (Å²) in [6, 6.07) is 15.4. The molecule has 9 heteroatoms. The molecule has 4 rings (SSSR count). The summed E-state index contributed by atoms with van der Waals surface area (Å²) in [6.07, 6.45) is 2.31. The Morgan fingerprint density at radius 1 is 1.09 bits per heavy atom. The summed E-state index contributed by atoms with van der Waals surface area (Å²) in [4.78, 5) is 49.9. The fourth-order valence-electron chi connectivity index (χ4n) is 3.53. The van der Waals surface area contributed by atoms with Crippen LogP contribution in [0.5, 0.6) is 0 Å². The standard InChI is InChI=1S/C26H22N2O6S/c1-3-16-5-8-18(9-6-16)27-23(29)14-28-24(30)22(35-26(28)33)13-19-10-11-21(34-19)20-12-17(25(31)32)7-4-15(20)2/h4-13H,3,14H2,1-2H3,(H,27,29)(H,31,32)/b22-13-. The van der Waals surface area contributed by atoms with Crippen molar-refractivity contribution in [2.75, 3.05) is 11.9 Å². The fourth-order valence-corrected chi connectivity index (χ4v) is 4.35. The van der Waals surface area contributed by atoms with Gasteiger partial charge in [0.1, 0.15) is 18.1 Å². The highest BCUT2D eigenvalue weighted by atomic mass is 32.2. The van der Waals surface area contributed by atoms with Crippen LogP contribution in [0.4, 0.5) is 10.5 Å². The second-order valence-corrected chi connectivity index (χ2v) is 8.90. The molecular weight excluding hydrogens is 468 g/mol. The Kier molecular flexibility index (Phi) is 6.88. The highest BCUT2D eigenvalue weighted by Crippen LogP contribution is 2.34. The average Bonchev–Trinajstić information content (AvgIpc) is 3.40. The molecule has 8 nitrogen and oxygen atoms in total. The van der Waals surface area contributed by atoms with Crippen molar-refractivity contribution in [3.8, 4) is 11.3 Å². The largest absolute Gasteiger partial charge is 0.478 e. The van der Waals surface area contributed by atoms with Gasteiger partial charge in [0.15, 0.2) is 0 Å². The molecule has 1 fully saturated rings. The van der Waals surface area contributed by atoms with Crippen LogP contribution in [0, 0.1) is 6.92 Å². The first-order valence-corrected chi connectivity index (χ1v) is 11.6. The van der Waals surface area contributed by atoms with E-state index in [4.69, 9.17) is 4.42 Å². The quantitative estimate of drug-likeness (QED) is 0.438. The molecule has 0 spiro atoms. The molecule has 2 heterocycles. The minimum atomic E-state index is -1.05. The zero-order chi connectivity index (χ0) is 25.1. The molecular formula is C26H22N2O6S. The number of aromatic carboxylic acids is 1. The minimum Gasteiger partial charge on any atom is -0.478 e. The number of carboxylic acid groups (broad SMARTS) is 1. The molecule has 0 saturated carbocycles. The van der Waals surface area contributed by atoms with Crippen molar-refractivity contribution in [1.82, 2.24) is 4.90 Å². The van der Waals surface area contributed by atoms with Crippen molar-refractivity contribution in [3.05, 3.63) is 82.0 Å². The van der Waals surface area contributed by atoms with E-state index in [0.717, 1.165) is 34.2 Å². The molecule has 3 amide bonds. The van der Waals surface area contributed by atoms with Crippen LogP contribution in [-0.2, 0) is 16.0 Å². The molecule has 0 radical (unpaired) electrons. The normalized spacial score (nSPS) is 14.6. The molecule has 1 aliphatic rings. The van der Waals surface area contributed by atoms with Crippen LogP contribution in [-0.4, -0.2) is 39.6 Å². The smallest absolute Gasteiger partial charge is 0.335 e. The van der Waals surface area contributed by atoms with E-state index in [1.165, 1.54) is 18.2 Å². The molecule has 1 saturated heterocycles. The predicted octanol–water partition coefficient (Wildman–Crippen LogP) is 5.19. The van der Waals surface area contributed by atoms with E-state index in [0.29, 0.717) is 22.8 Å². The first kappa shape index (κ1) is 24.0. The lowest BCUT2D eigenvalue weighted by molar-refractivity contribution is -0.127. The van der Waals surface area contributed by atoms with Gasteiger partial charge in [-0.15, -0.1) is 0 Å². The van der Waals surface area contributed by atoms with Gasteiger partial charge in [-0.1, -0.05) is 25.1 Å². The van der Waals surface area contributed by atoms with Gasteiger partial charge < -0.3 is 14.8 Å². The minimum absolute atomic E-state index is 0.129. The number of nitrogens with one attached hydrogen (secondary N) is 1. The van der Waals surface area contributed by atoms with Gasteiger partial charge in [0.05, 0.1) is 10.5 Å². The van der Waals surface area contributed by atoms with E-state index >= 15 is 0 Å². The number of rotatable bonds is 7. The summed E-state index contributed by atoms with van der Waals surface area (Å²) in [7, 11) is 0. The summed E-state index contributed by atoms with van der Waals surface area (Å²) >= 11 is 0.725. The molecule has 0 unspecified atom stereocenters. The molecule has 0 bridgehead atoms. The van der Waals surface area contributed by atoms with Crippen LogP contribution < -0.4 is 5.32 Å². The molecule has 0 aliphatic carbocycles. The predicted molar refractivity (Wildman–Crippen MR) is 133 cm³/mol. The Morgan fingerprint density at radius 3 is 2.51 bits per heavy atom. The van der Waals surface area contributed by atoms with Gasteiger partial charge in [-0.05, 0) is 72.6 Å². The molecule has 35 heavy (non-hydrogen) atoms. The topological polar surface area (TPSA) is 117 Å². The Balaban J connectivity index is 1.46. The number of hydrogen-bond donors (Lipinski definition) is 2. The average molecular weight is 491 g/mol. The summed E-state index contributed by atoms with van der Waals surface area (Å²) in [5.41, 5.74) is 3.28. The first-order chi connectivity index (χ1) is 16.7. The van der Waals surface area contributed by atoms with Gasteiger partial charge in [-0.2, -0.15) is 0 Å². The molecule has 2 aromatic carbocycles. The second-order valence-electron chi connectivity index (χ2n) is 7.90. The van der Waals surface area contributed by atoms with Gasteiger partial charge >= 0.3 is 5.97 Å². The van der Waals surface area contributed by atoms with Crippen LogP contribution in [0.15, 0.2) is 63.9 Å². The molecule has 1 aliphatic heterocycles. The van der Waals surface area contributed by atoms with E-state index in [2.05, 4.69) is 5.32 Å². The maximum absolute atomic E-state index is 12.8. The van der Waals surface area contributed by atoms with Gasteiger partial charge in [0.25, 0.3) is 11.1 Å². The van der Waals surface area contributed by atoms with Crippen molar-refractivity contribution in [3.63, 3.8) is 0 Å². The number of carbonyl (C=O) groups is 4. The lowest BCUT2D eigenvalue weighted by Crippen LogP contribution is -2.36. The number of hydrogen-bond acceptors (Lipinski definition) is 6. The van der Waals surface area contributed by atoms with E-state index in [-0.39, 0.29) is 10.5 Å². The molecule has 2 N–H and O–H groups in total. The molecule has 0 atom stereocenters. The third-order valence-electron chi connectivity index (χ3n) is 5.47. The van der Waals surface area contributed by atoms with Gasteiger partial charge in [0, 0.05) is 17.3 Å².